The fourth-order valence-electron chi connectivity index (χ4n) is 2.54. The Labute approximate surface area is 164 Å². The summed E-state index contributed by atoms with van der Waals surface area (Å²) in [4.78, 5) is 0. The van der Waals surface area contributed by atoms with Gasteiger partial charge in [0.25, 0.3) is 0 Å². The molecule has 3 aromatic carbocycles. The van der Waals surface area contributed by atoms with Crippen molar-refractivity contribution in [2.24, 2.45) is 0 Å². The molecular formula is C22H14BrF2NO. The normalized spacial score (nSPS) is 11.1. The Kier molecular flexibility index (Phi) is 6.00. The lowest BCUT2D eigenvalue weighted by Gasteiger charge is -2.11. The first-order chi connectivity index (χ1) is 13.1. The number of nitrogens with zero attached hydrogens (tertiary/aromatic N) is 1. The molecule has 0 aliphatic rings. The van der Waals surface area contributed by atoms with Crippen LogP contribution >= 0.6 is 15.9 Å². The van der Waals surface area contributed by atoms with Crippen LogP contribution in [0.15, 0.2) is 71.2 Å². The zero-order valence-electron chi connectivity index (χ0n) is 14.1. The average molecular weight is 426 g/mol. The van der Waals surface area contributed by atoms with E-state index >= 15 is 0 Å². The molecule has 0 heterocycles. The summed E-state index contributed by atoms with van der Waals surface area (Å²) in [6.07, 6.45) is 1.56. The van der Waals surface area contributed by atoms with Gasteiger partial charge in [0, 0.05) is 21.2 Å². The van der Waals surface area contributed by atoms with Gasteiger partial charge in [-0.05, 0) is 36.4 Å². The Morgan fingerprint density at radius 3 is 2.41 bits per heavy atom. The van der Waals surface area contributed by atoms with Gasteiger partial charge in [-0.1, -0.05) is 52.3 Å². The van der Waals surface area contributed by atoms with Crippen LogP contribution in [0, 0.1) is 23.0 Å². The van der Waals surface area contributed by atoms with E-state index in [-0.39, 0.29) is 23.6 Å². The standard InChI is InChI=1S/C22H14BrF2NO/c23-18-9-10-22(27-14-15-5-1-3-7-20(15)24)16(12-18)11-17(13-26)19-6-2-4-8-21(19)25/h1-12H,14H2. The van der Waals surface area contributed by atoms with Crippen LogP contribution in [0.5, 0.6) is 5.75 Å². The zero-order chi connectivity index (χ0) is 19.2. The van der Waals surface area contributed by atoms with Gasteiger partial charge in [-0.25, -0.2) is 8.78 Å². The molecular weight excluding hydrogens is 412 g/mol. The van der Waals surface area contributed by atoms with Crippen molar-refractivity contribution in [2.45, 2.75) is 6.61 Å². The molecule has 0 N–H and O–H groups in total. The van der Waals surface area contributed by atoms with Gasteiger partial charge in [-0.15, -0.1) is 0 Å². The monoisotopic (exact) mass is 425 g/mol. The Hall–Kier alpha value is -2.97. The third kappa shape index (κ3) is 4.60. The maximum Gasteiger partial charge on any atom is 0.131 e. The van der Waals surface area contributed by atoms with Crippen LogP contribution < -0.4 is 4.74 Å². The summed E-state index contributed by atoms with van der Waals surface area (Å²) in [5.41, 5.74) is 1.38. The van der Waals surface area contributed by atoms with Crippen LogP contribution in [0.4, 0.5) is 8.78 Å². The van der Waals surface area contributed by atoms with Gasteiger partial charge in [0.05, 0.1) is 11.6 Å². The van der Waals surface area contributed by atoms with Crippen LogP contribution in [0.3, 0.4) is 0 Å². The molecule has 0 radical (unpaired) electrons. The van der Waals surface area contributed by atoms with E-state index in [1.54, 1.807) is 60.7 Å². The number of allylic oxidation sites excluding steroid dienone is 1. The van der Waals surface area contributed by atoms with Crippen molar-refractivity contribution in [1.82, 2.24) is 0 Å². The topological polar surface area (TPSA) is 33.0 Å². The summed E-state index contributed by atoms with van der Waals surface area (Å²) in [6.45, 7) is 0.0384. The van der Waals surface area contributed by atoms with E-state index in [1.807, 2.05) is 6.07 Å². The zero-order valence-corrected chi connectivity index (χ0v) is 15.7. The lowest BCUT2D eigenvalue weighted by Crippen LogP contribution is -1.99. The molecule has 0 aromatic heterocycles. The van der Waals surface area contributed by atoms with E-state index < -0.39 is 5.82 Å². The molecule has 0 amide bonds. The van der Waals surface area contributed by atoms with Gasteiger partial charge in [-0.3, -0.25) is 0 Å². The summed E-state index contributed by atoms with van der Waals surface area (Å²) >= 11 is 3.38. The number of hydrogen-bond donors (Lipinski definition) is 0. The predicted octanol–water partition coefficient (Wildman–Crippen LogP) is 6.37. The molecule has 0 saturated carbocycles. The summed E-state index contributed by atoms with van der Waals surface area (Å²) in [7, 11) is 0. The van der Waals surface area contributed by atoms with Crippen molar-refractivity contribution < 1.29 is 13.5 Å². The molecule has 3 rings (SSSR count). The van der Waals surface area contributed by atoms with Gasteiger partial charge < -0.3 is 4.74 Å². The van der Waals surface area contributed by atoms with Crippen LogP contribution in [0.2, 0.25) is 0 Å². The molecule has 5 heteroatoms. The van der Waals surface area contributed by atoms with Crippen molar-refractivity contribution in [3.8, 4) is 11.8 Å². The van der Waals surface area contributed by atoms with Crippen LogP contribution in [0.25, 0.3) is 11.6 Å². The van der Waals surface area contributed by atoms with E-state index in [0.717, 1.165) is 4.47 Å². The highest BCUT2D eigenvalue weighted by atomic mass is 79.9. The summed E-state index contributed by atoms with van der Waals surface area (Å²) in [5.74, 6) is -0.365. The molecule has 134 valence electrons. The molecule has 27 heavy (non-hydrogen) atoms. The highest BCUT2D eigenvalue weighted by molar-refractivity contribution is 9.10. The number of hydrogen-bond acceptors (Lipinski definition) is 2. The molecule has 0 aliphatic carbocycles. The Balaban J connectivity index is 1.95. The van der Waals surface area contributed by atoms with Crippen LogP contribution in [-0.2, 0) is 6.61 Å². The largest absolute Gasteiger partial charge is 0.488 e. The number of benzene rings is 3. The van der Waals surface area contributed by atoms with Crippen LogP contribution in [-0.4, -0.2) is 0 Å². The van der Waals surface area contributed by atoms with E-state index in [0.29, 0.717) is 16.9 Å². The van der Waals surface area contributed by atoms with Gasteiger partial charge in [-0.2, -0.15) is 5.26 Å². The maximum atomic E-state index is 14.0. The quantitative estimate of drug-likeness (QED) is 0.351. The summed E-state index contributed by atoms with van der Waals surface area (Å²) in [5, 5.41) is 9.48. The Bertz CT molecular complexity index is 1040. The van der Waals surface area contributed by atoms with E-state index in [2.05, 4.69) is 15.9 Å². The van der Waals surface area contributed by atoms with E-state index in [1.165, 1.54) is 12.1 Å². The second-order valence-electron chi connectivity index (χ2n) is 5.71. The lowest BCUT2D eigenvalue weighted by molar-refractivity contribution is 0.299. The molecule has 0 spiro atoms. The molecule has 0 fully saturated rings. The van der Waals surface area contributed by atoms with E-state index in [4.69, 9.17) is 4.74 Å². The van der Waals surface area contributed by atoms with Gasteiger partial charge in [0.2, 0.25) is 0 Å². The van der Waals surface area contributed by atoms with Crippen molar-refractivity contribution >= 4 is 27.6 Å². The van der Waals surface area contributed by atoms with Crippen molar-refractivity contribution in [2.75, 3.05) is 0 Å². The first kappa shape index (κ1) is 18.8. The van der Waals surface area contributed by atoms with Crippen molar-refractivity contribution in [3.05, 3.63) is 99.5 Å². The fraction of sp³-hybridized carbons (Fsp3) is 0.0455. The molecule has 0 atom stereocenters. The van der Waals surface area contributed by atoms with Crippen molar-refractivity contribution in [1.29, 1.82) is 5.26 Å². The predicted molar refractivity (Wildman–Crippen MR) is 105 cm³/mol. The van der Waals surface area contributed by atoms with Crippen molar-refractivity contribution in [3.63, 3.8) is 0 Å². The SMILES string of the molecule is N#CC(=Cc1cc(Br)ccc1OCc1ccccc1F)c1ccccc1F. The lowest BCUT2D eigenvalue weighted by atomic mass is 10.0. The summed E-state index contributed by atoms with van der Waals surface area (Å²) in [6, 6.07) is 19.7. The summed E-state index contributed by atoms with van der Waals surface area (Å²) < 4.78 is 34.4. The first-order valence-corrected chi connectivity index (χ1v) is 8.90. The molecule has 3 aromatic rings. The number of ether oxygens (including phenoxy) is 1. The second kappa shape index (κ2) is 8.61. The van der Waals surface area contributed by atoms with Gasteiger partial charge in [0.1, 0.15) is 24.0 Å². The van der Waals surface area contributed by atoms with Gasteiger partial charge in [0.15, 0.2) is 0 Å². The Morgan fingerprint density at radius 2 is 1.70 bits per heavy atom. The molecule has 2 nitrogen and oxygen atoms in total. The number of halogens is 3. The average Bonchev–Trinajstić information content (AvgIpc) is 2.67. The second-order valence-corrected chi connectivity index (χ2v) is 6.63. The van der Waals surface area contributed by atoms with Gasteiger partial charge >= 0.3 is 0 Å². The molecule has 0 unspecified atom stereocenters. The minimum absolute atomic E-state index is 0.0384. The number of rotatable bonds is 5. The van der Waals surface area contributed by atoms with E-state index in [9.17, 15) is 14.0 Å². The molecule has 0 aliphatic heterocycles. The molecule has 0 saturated heterocycles. The minimum atomic E-state index is -0.478. The number of nitriles is 1. The molecule has 0 bridgehead atoms. The third-order valence-electron chi connectivity index (χ3n) is 3.90. The fourth-order valence-corrected chi connectivity index (χ4v) is 2.92. The highest BCUT2D eigenvalue weighted by Crippen LogP contribution is 2.29. The smallest absolute Gasteiger partial charge is 0.131 e. The maximum absolute atomic E-state index is 14.0. The minimum Gasteiger partial charge on any atom is -0.488 e. The van der Waals surface area contributed by atoms with Crippen LogP contribution in [0.1, 0.15) is 16.7 Å². The Morgan fingerprint density at radius 1 is 1.00 bits per heavy atom. The third-order valence-corrected chi connectivity index (χ3v) is 4.39. The highest BCUT2D eigenvalue weighted by Gasteiger charge is 2.10. The first-order valence-electron chi connectivity index (χ1n) is 8.11.